The summed E-state index contributed by atoms with van der Waals surface area (Å²) in [6.07, 6.45) is 0.856. The maximum atomic E-state index is 13.8. The molecule has 7 nitrogen and oxygen atoms in total. The van der Waals surface area contributed by atoms with E-state index >= 15 is 0 Å². The average molecular weight is 661 g/mol. The fourth-order valence-corrected chi connectivity index (χ4v) is 6.13. The van der Waals surface area contributed by atoms with Gasteiger partial charge in [0.15, 0.2) is 5.78 Å². The summed E-state index contributed by atoms with van der Waals surface area (Å²) in [7, 11) is 1.51. The number of methoxy groups -OCH3 is 1. The van der Waals surface area contributed by atoms with E-state index in [1.54, 1.807) is 24.3 Å². The molecule has 0 bridgehead atoms. The summed E-state index contributed by atoms with van der Waals surface area (Å²) in [6.45, 7) is 1.49. The van der Waals surface area contributed by atoms with Gasteiger partial charge in [0, 0.05) is 20.8 Å². The van der Waals surface area contributed by atoms with Crippen LogP contribution in [0.15, 0.2) is 42.5 Å². The van der Waals surface area contributed by atoms with E-state index in [4.69, 9.17) is 27.9 Å². The highest BCUT2D eigenvalue weighted by molar-refractivity contribution is 9.12. The maximum Gasteiger partial charge on any atom is 0.273 e. The molecule has 1 aliphatic carbocycles. The molecular weight excluding hydrogens is 639 g/mol. The van der Waals surface area contributed by atoms with Crippen molar-refractivity contribution in [2.24, 2.45) is 11.8 Å². The molecule has 5 atom stereocenters. The second-order valence-corrected chi connectivity index (χ2v) is 11.9. The van der Waals surface area contributed by atoms with Crippen LogP contribution in [-0.2, 0) is 9.59 Å². The first-order chi connectivity index (χ1) is 17.0. The normalized spacial score (nSPS) is 24.3. The van der Waals surface area contributed by atoms with Gasteiger partial charge in [-0.1, -0.05) is 55.1 Å². The number of fused-ring (bicyclic) bond motifs is 1. The molecule has 0 spiro atoms. The van der Waals surface area contributed by atoms with Crippen LogP contribution in [0.4, 0.5) is 0 Å². The molecule has 0 aromatic heterocycles. The van der Waals surface area contributed by atoms with Crippen LogP contribution in [0.3, 0.4) is 0 Å². The van der Waals surface area contributed by atoms with E-state index in [-0.39, 0.29) is 25.3 Å². The molecule has 36 heavy (non-hydrogen) atoms. The third kappa shape index (κ3) is 4.95. The molecule has 2 aliphatic rings. The first-order valence-electron chi connectivity index (χ1n) is 11.2. The number of benzene rings is 2. The number of rotatable bonds is 6. The molecule has 11 heteroatoms. The smallest absolute Gasteiger partial charge is 0.273 e. The van der Waals surface area contributed by atoms with E-state index in [0.29, 0.717) is 24.2 Å². The van der Waals surface area contributed by atoms with Gasteiger partial charge in [-0.05, 0) is 62.2 Å². The minimum Gasteiger partial charge on any atom is -0.497 e. The first kappa shape index (κ1) is 27.1. The van der Waals surface area contributed by atoms with Gasteiger partial charge < -0.3 is 4.74 Å². The highest BCUT2D eigenvalue weighted by Gasteiger charge is 2.55. The van der Waals surface area contributed by atoms with Crippen LogP contribution in [0.2, 0.25) is 10.0 Å². The number of ether oxygens (including phenoxy) is 1. The SMILES string of the molecule is COc1ccc(C(=O)[C@H](C)N(C(=O)c2ccc(Cl)c(Cl)c2)N2C(=O)[C@H]3C[C@@H](Br)[C@@H](Br)C[C@H]3C2=O)cc1. The van der Waals surface area contributed by atoms with Gasteiger partial charge in [0.1, 0.15) is 11.8 Å². The standard InChI is InChI=1S/C25H22Br2Cl2N2O5/c1-12(22(32)13-3-6-15(36-2)7-4-13)30(23(33)14-5-8-20(28)21(29)9-14)31-24(34)16-10-18(26)19(27)11-17(16)25(31)35/h3-9,12,16-19H,10-11H2,1-2H3/t12-,16-,17+,18+,19-/m0/s1. The number of amides is 3. The minimum atomic E-state index is -1.17. The zero-order valence-corrected chi connectivity index (χ0v) is 24.0. The first-order valence-corrected chi connectivity index (χ1v) is 13.8. The van der Waals surface area contributed by atoms with Crippen LogP contribution < -0.4 is 4.74 Å². The van der Waals surface area contributed by atoms with Crippen molar-refractivity contribution in [1.82, 2.24) is 10.0 Å². The fraction of sp³-hybridized carbons (Fsp3) is 0.360. The average Bonchev–Trinajstić information content (AvgIpc) is 3.10. The Bertz CT molecular complexity index is 1200. The molecule has 2 aromatic rings. The lowest BCUT2D eigenvalue weighted by Crippen LogP contribution is -2.56. The number of carbonyl (C=O) groups excluding carboxylic acids is 4. The predicted molar refractivity (Wildman–Crippen MR) is 143 cm³/mol. The summed E-state index contributed by atoms with van der Waals surface area (Å²) in [5.41, 5.74) is 0.388. The maximum absolute atomic E-state index is 13.8. The Labute approximate surface area is 235 Å². The predicted octanol–water partition coefficient (Wildman–Crippen LogP) is 5.55. The van der Waals surface area contributed by atoms with E-state index in [0.717, 1.165) is 10.0 Å². The van der Waals surface area contributed by atoms with Gasteiger partial charge in [-0.2, -0.15) is 5.01 Å². The Morgan fingerprint density at radius 1 is 0.944 bits per heavy atom. The largest absolute Gasteiger partial charge is 0.497 e. The Kier molecular flexibility index (Phi) is 8.14. The van der Waals surface area contributed by atoms with Crippen molar-refractivity contribution in [1.29, 1.82) is 0 Å². The number of halogens is 4. The summed E-state index contributed by atoms with van der Waals surface area (Å²) in [4.78, 5) is 54.4. The van der Waals surface area contributed by atoms with Gasteiger partial charge >= 0.3 is 0 Å². The molecule has 190 valence electrons. The Balaban J connectivity index is 1.75. The third-order valence-electron chi connectivity index (χ3n) is 6.60. The molecule has 2 aromatic carbocycles. The molecule has 0 N–H and O–H groups in total. The number of ketones is 1. The third-order valence-corrected chi connectivity index (χ3v) is 10.1. The number of Topliss-reactive ketones (excluding diaryl/α,β-unsaturated/α-hetero) is 1. The Morgan fingerprint density at radius 3 is 1.97 bits per heavy atom. The quantitative estimate of drug-likeness (QED) is 0.231. The molecule has 0 radical (unpaired) electrons. The summed E-state index contributed by atoms with van der Waals surface area (Å²) in [5, 5.41) is 2.19. The zero-order valence-electron chi connectivity index (χ0n) is 19.3. The van der Waals surface area contributed by atoms with Crippen LogP contribution in [0, 0.1) is 11.8 Å². The number of hydrazine groups is 1. The molecule has 3 amide bonds. The molecule has 1 saturated heterocycles. The number of imide groups is 1. The highest BCUT2D eigenvalue weighted by atomic mass is 79.9. The van der Waals surface area contributed by atoms with Gasteiger partial charge in [0.05, 0.1) is 29.0 Å². The number of hydrogen-bond acceptors (Lipinski definition) is 5. The van der Waals surface area contributed by atoms with Gasteiger partial charge in [-0.15, -0.1) is 0 Å². The number of alkyl halides is 2. The van der Waals surface area contributed by atoms with Crippen molar-refractivity contribution >= 4 is 78.6 Å². The monoisotopic (exact) mass is 658 g/mol. The lowest BCUT2D eigenvalue weighted by atomic mass is 9.81. The minimum absolute atomic E-state index is 0.00646. The molecule has 2 fully saturated rings. The van der Waals surface area contributed by atoms with Crippen molar-refractivity contribution in [3.8, 4) is 5.75 Å². The van der Waals surface area contributed by atoms with Gasteiger partial charge in [-0.3, -0.25) is 19.2 Å². The van der Waals surface area contributed by atoms with Gasteiger partial charge in [-0.25, -0.2) is 5.01 Å². The van der Waals surface area contributed by atoms with Crippen molar-refractivity contribution in [3.05, 3.63) is 63.6 Å². The topological polar surface area (TPSA) is 84.0 Å². The van der Waals surface area contributed by atoms with Gasteiger partial charge in [0.25, 0.3) is 17.7 Å². The molecule has 4 rings (SSSR count). The molecule has 1 saturated carbocycles. The zero-order chi connectivity index (χ0) is 26.3. The van der Waals surface area contributed by atoms with E-state index in [9.17, 15) is 19.2 Å². The number of nitrogens with zero attached hydrogens (tertiary/aromatic N) is 2. The van der Waals surface area contributed by atoms with Crippen LogP contribution in [-0.4, -0.2) is 56.3 Å². The highest BCUT2D eigenvalue weighted by Crippen LogP contribution is 2.44. The molecule has 1 aliphatic heterocycles. The summed E-state index contributed by atoms with van der Waals surface area (Å²) >= 11 is 19.3. The van der Waals surface area contributed by atoms with Crippen LogP contribution in [0.1, 0.15) is 40.5 Å². The second kappa shape index (κ2) is 10.8. The van der Waals surface area contributed by atoms with Crippen molar-refractivity contribution < 1.29 is 23.9 Å². The van der Waals surface area contributed by atoms with Crippen molar-refractivity contribution in [2.45, 2.75) is 35.5 Å². The van der Waals surface area contributed by atoms with Gasteiger partial charge in [0.2, 0.25) is 0 Å². The van der Waals surface area contributed by atoms with Crippen LogP contribution >= 0.6 is 55.1 Å². The molecular formula is C25H22Br2Cl2N2O5. The summed E-state index contributed by atoms with van der Waals surface area (Å²) in [6, 6.07) is 9.45. The van der Waals surface area contributed by atoms with Crippen LogP contribution in [0.5, 0.6) is 5.75 Å². The lowest BCUT2D eigenvalue weighted by Gasteiger charge is -2.34. The van der Waals surface area contributed by atoms with E-state index in [1.165, 1.54) is 32.2 Å². The lowest BCUT2D eigenvalue weighted by molar-refractivity contribution is -0.156. The number of carbonyl (C=O) groups is 4. The fourth-order valence-electron chi connectivity index (χ4n) is 4.60. The van der Waals surface area contributed by atoms with Crippen molar-refractivity contribution in [2.75, 3.05) is 7.11 Å². The summed E-state index contributed by atoms with van der Waals surface area (Å²) < 4.78 is 5.15. The number of hydrogen-bond donors (Lipinski definition) is 0. The molecule has 0 unspecified atom stereocenters. The van der Waals surface area contributed by atoms with E-state index < -0.39 is 41.4 Å². The summed E-state index contributed by atoms with van der Waals surface area (Å²) in [5.74, 6) is -2.79. The van der Waals surface area contributed by atoms with E-state index in [2.05, 4.69) is 31.9 Å². The Hall–Kier alpha value is -1.94. The second-order valence-electron chi connectivity index (χ2n) is 8.75. The molecule has 1 heterocycles. The Morgan fingerprint density at radius 2 is 1.47 bits per heavy atom. The van der Waals surface area contributed by atoms with Crippen LogP contribution in [0.25, 0.3) is 0 Å². The van der Waals surface area contributed by atoms with E-state index in [1.807, 2.05) is 0 Å². The van der Waals surface area contributed by atoms with Crippen molar-refractivity contribution in [3.63, 3.8) is 0 Å².